The molecule has 2 heterocycles. The molecule has 3 aromatic rings. The first-order valence-corrected chi connectivity index (χ1v) is 8.52. The van der Waals surface area contributed by atoms with Crippen molar-refractivity contribution in [2.24, 2.45) is 0 Å². The van der Waals surface area contributed by atoms with E-state index in [9.17, 15) is 4.79 Å². The van der Waals surface area contributed by atoms with E-state index in [0.29, 0.717) is 13.0 Å². The van der Waals surface area contributed by atoms with Gasteiger partial charge in [0.1, 0.15) is 0 Å². The number of benzene rings is 2. The standard InChI is InChI=1S/C20H21N3O/c1-15-8-9-18-16(13-15)5-4-11-23(18)20(24)10-12-22-14-21-17-6-2-3-7-19(17)22/h2-3,6-9,13-14H,4-5,10-12H2,1H3. The second kappa shape index (κ2) is 6.11. The van der Waals surface area contributed by atoms with Gasteiger partial charge in [-0.1, -0.05) is 29.8 Å². The van der Waals surface area contributed by atoms with Gasteiger partial charge in [0.25, 0.3) is 0 Å². The molecule has 4 nitrogen and oxygen atoms in total. The van der Waals surface area contributed by atoms with E-state index >= 15 is 0 Å². The number of amides is 1. The van der Waals surface area contributed by atoms with E-state index in [2.05, 4.69) is 34.7 Å². The van der Waals surface area contributed by atoms with Crippen LogP contribution in [0.2, 0.25) is 0 Å². The van der Waals surface area contributed by atoms with Gasteiger partial charge in [-0.3, -0.25) is 4.79 Å². The fourth-order valence-electron chi connectivity index (χ4n) is 3.52. The third-order valence-corrected chi connectivity index (χ3v) is 4.75. The van der Waals surface area contributed by atoms with Crippen molar-refractivity contribution in [2.45, 2.75) is 32.7 Å². The van der Waals surface area contributed by atoms with Crippen LogP contribution in [-0.2, 0) is 17.8 Å². The first kappa shape index (κ1) is 14.9. The lowest BCUT2D eigenvalue weighted by molar-refractivity contribution is -0.118. The highest BCUT2D eigenvalue weighted by atomic mass is 16.2. The summed E-state index contributed by atoms with van der Waals surface area (Å²) >= 11 is 0. The first-order valence-electron chi connectivity index (χ1n) is 8.52. The summed E-state index contributed by atoms with van der Waals surface area (Å²) in [7, 11) is 0. The molecule has 0 spiro atoms. The number of para-hydroxylation sites is 2. The van der Waals surface area contributed by atoms with Crippen molar-refractivity contribution >= 4 is 22.6 Å². The molecule has 24 heavy (non-hydrogen) atoms. The van der Waals surface area contributed by atoms with Crippen LogP contribution in [0.1, 0.15) is 24.0 Å². The smallest absolute Gasteiger partial charge is 0.228 e. The van der Waals surface area contributed by atoms with Crippen LogP contribution < -0.4 is 4.90 Å². The molecule has 1 aliphatic heterocycles. The summed E-state index contributed by atoms with van der Waals surface area (Å²) in [6, 6.07) is 14.4. The van der Waals surface area contributed by atoms with Crippen LogP contribution in [-0.4, -0.2) is 22.0 Å². The highest BCUT2D eigenvalue weighted by molar-refractivity contribution is 5.94. The number of aryl methyl sites for hydroxylation is 3. The average Bonchev–Trinajstić information content (AvgIpc) is 3.02. The van der Waals surface area contributed by atoms with Crippen molar-refractivity contribution in [3.05, 3.63) is 59.9 Å². The predicted octanol–water partition coefficient (Wildman–Crippen LogP) is 3.71. The number of fused-ring (bicyclic) bond motifs is 2. The molecule has 2 aromatic carbocycles. The van der Waals surface area contributed by atoms with Crippen LogP contribution in [0.15, 0.2) is 48.8 Å². The highest BCUT2D eigenvalue weighted by Crippen LogP contribution is 2.28. The molecule has 0 N–H and O–H groups in total. The fraction of sp³-hybridized carbons (Fsp3) is 0.300. The topological polar surface area (TPSA) is 38.1 Å². The maximum atomic E-state index is 12.8. The van der Waals surface area contributed by atoms with Crippen LogP contribution >= 0.6 is 0 Å². The zero-order valence-electron chi connectivity index (χ0n) is 13.9. The molecule has 4 heteroatoms. The largest absolute Gasteiger partial charge is 0.330 e. The molecule has 0 atom stereocenters. The average molecular weight is 319 g/mol. The molecule has 1 aromatic heterocycles. The second-order valence-electron chi connectivity index (χ2n) is 6.46. The molecule has 0 fully saturated rings. The third-order valence-electron chi connectivity index (χ3n) is 4.75. The lowest BCUT2D eigenvalue weighted by Gasteiger charge is -2.30. The van der Waals surface area contributed by atoms with E-state index in [-0.39, 0.29) is 5.91 Å². The summed E-state index contributed by atoms with van der Waals surface area (Å²) in [5, 5.41) is 0. The Morgan fingerprint density at radius 3 is 3.00 bits per heavy atom. The Labute approximate surface area is 141 Å². The van der Waals surface area contributed by atoms with Crippen LogP contribution in [0.4, 0.5) is 5.69 Å². The van der Waals surface area contributed by atoms with Crippen LogP contribution in [0, 0.1) is 6.92 Å². The highest BCUT2D eigenvalue weighted by Gasteiger charge is 2.22. The number of aromatic nitrogens is 2. The molecule has 0 saturated carbocycles. The Hall–Kier alpha value is -2.62. The normalized spacial score (nSPS) is 14.0. The van der Waals surface area contributed by atoms with Gasteiger partial charge in [0.15, 0.2) is 0 Å². The molecule has 0 bridgehead atoms. The zero-order valence-corrected chi connectivity index (χ0v) is 13.9. The summed E-state index contributed by atoms with van der Waals surface area (Å²) < 4.78 is 2.06. The fourth-order valence-corrected chi connectivity index (χ4v) is 3.52. The molecule has 0 unspecified atom stereocenters. The Bertz CT molecular complexity index is 897. The number of rotatable bonds is 3. The Kier molecular flexibility index (Phi) is 3.81. The quantitative estimate of drug-likeness (QED) is 0.738. The summed E-state index contributed by atoms with van der Waals surface area (Å²) in [5.74, 6) is 0.192. The molecule has 0 radical (unpaired) electrons. The molecule has 1 aliphatic rings. The Morgan fingerprint density at radius 2 is 2.08 bits per heavy atom. The number of carbonyl (C=O) groups excluding carboxylic acids is 1. The van der Waals surface area contributed by atoms with Gasteiger partial charge in [0.05, 0.1) is 17.4 Å². The number of hydrogen-bond donors (Lipinski definition) is 0. The summed E-state index contributed by atoms with van der Waals surface area (Å²) in [6.45, 7) is 3.59. The molecular weight excluding hydrogens is 298 g/mol. The van der Waals surface area contributed by atoms with Crippen molar-refractivity contribution in [1.82, 2.24) is 9.55 Å². The summed E-state index contributed by atoms with van der Waals surface area (Å²) in [4.78, 5) is 19.1. The van der Waals surface area contributed by atoms with Gasteiger partial charge < -0.3 is 9.47 Å². The van der Waals surface area contributed by atoms with E-state index in [1.165, 1.54) is 11.1 Å². The van der Waals surface area contributed by atoms with E-state index in [4.69, 9.17) is 0 Å². The lowest BCUT2D eigenvalue weighted by Crippen LogP contribution is -2.35. The maximum absolute atomic E-state index is 12.8. The molecule has 0 saturated heterocycles. The number of carbonyl (C=O) groups is 1. The third kappa shape index (κ3) is 2.68. The second-order valence-corrected chi connectivity index (χ2v) is 6.46. The van der Waals surface area contributed by atoms with E-state index in [0.717, 1.165) is 36.1 Å². The van der Waals surface area contributed by atoms with Gasteiger partial charge in [0.2, 0.25) is 5.91 Å². The first-order chi connectivity index (χ1) is 11.7. The van der Waals surface area contributed by atoms with Gasteiger partial charge in [-0.25, -0.2) is 4.98 Å². The molecular formula is C20H21N3O. The van der Waals surface area contributed by atoms with Crippen LogP contribution in [0.3, 0.4) is 0 Å². The van der Waals surface area contributed by atoms with Gasteiger partial charge in [-0.2, -0.15) is 0 Å². The minimum absolute atomic E-state index is 0.192. The summed E-state index contributed by atoms with van der Waals surface area (Å²) in [5.41, 5.74) is 5.70. The lowest BCUT2D eigenvalue weighted by atomic mass is 9.99. The molecule has 122 valence electrons. The van der Waals surface area contributed by atoms with Crippen molar-refractivity contribution in [3.8, 4) is 0 Å². The van der Waals surface area contributed by atoms with E-state index < -0.39 is 0 Å². The van der Waals surface area contributed by atoms with Gasteiger partial charge in [0, 0.05) is 25.2 Å². The zero-order chi connectivity index (χ0) is 16.5. The maximum Gasteiger partial charge on any atom is 0.228 e. The van der Waals surface area contributed by atoms with Gasteiger partial charge in [-0.05, 0) is 43.5 Å². The number of nitrogens with zero attached hydrogens (tertiary/aromatic N) is 3. The monoisotopic (exact) mass is 319 g/mol. The SMILES string of the molecule is Cc1ccc2c(c1)CCCN2C(=O)CCn1cnc2ccccc21. The van der Waals surface area contributed by atoms with Crippen LogP contribution in [0.5, 0.6) is 0 Å². The van der Waals surface area contributed by atoms with Crippen LogP contribution in [0.25, 0.3) is 11.0 Å². The van der Waals surface area contributed by atoms with E-state index in [1.807, 2.05) is 35.5 Å². The molecule has 0 aliphatic carbocycles. The van der Waals surface area contributed by atoms with E-state index in [1.54, 1.807) is 0 Å². The van der Waals surface area contributed by atoms with Crippen molar-refractivity contribution < 1.29 is 4.79 Å². The number of anilines is 1. The molecule has 4 rings (SSSR count). The van der Waals surface area contributed by atoms with Gasteiger partial charge >= 0.3 is 0 Å². The Morgan fingerprint density at radius 1 is 1.21 bits per heavy atom. The van der Waals surface area contributed by atoms with Crippen molar-refractivity contribution in [1.29, 1.82) is 0 Å². The number of imidazole rings is 1. The predicted molar refractivity (Wildman–Crippen MR) is 96.2 cm³/mol. The number of hydrogen-bond acceptors (Lipinski definition) is 2. The van der Waals surface area contributed by atoms with Gasteiger partial charge in [-0.15, -0.1) is 0 Å². The molecule has 1 amide bonds. The Balaban J connectivity index is 1.51. The minimum Gasteiger partial charge on any atom is -0.330 e. The van der Waals surface area contributed by atoms with Crippen molar-refractivity contribution in [2.75, 3.05) is 11.4 Å². The van der Waals surface area contributed by atoms with Crippen molar-refractivity contribution in [3.63, 3.8) is 0 Å². The minimum atomic E-state index is 0.192. The summed E-state index contributed by atoms with van der Waals surface area (Å²) in [6.07, 6.45) is 4.42.